The minimum atomic E-state index is -4.75. The van der Waals surface area contributed by atoms with Gasteiger partial charge in [0.1, 0.15) is 24.1 Å². The molecule has 1 aliphatic rings. The van der Waals surface area contributed by atoms with Crippen molar-refractivity contribution in [1.29, 1.82) is 0 Å². The first-order valence-electron chi connectivity index (χ1n) is 13.2. The van der Waals surface area contributed by atoms with Gasteiger partial charge in [-0.1, -0.05) is 19.6 Å². The lowest BCUT2D eigenvalue weighted by molar-refractivity contribution is -0.138. The average molecular weight is 598 g/mol. The Morgan fingerprint density at radius 3 is 2.56 bits per heavy atom. The first-order chi connectivity index (χ1) is 19.2. The molecule has 0 aromatic carbocycles. The molecule has 3 aromatic heterocycles. The Hall–Kier alpha value is -3.07. The summed E-state index contributed by atoms with van der Waals surface area (Å²) in [6.45, 7) is 9.45. The molecule has 0 radical (unpaired) electrons. The smallest absolute Gasteiger partial charge is 0.383 e. The molecule has 2 N–H and O–H groups in total. The van der Waals surface area contributed by atoms with Gasteiger partial charge in [0.05, 0.1) is 48.2 Å². The number of nitrogens with zero attached hydrogens (tertiary/aromatic N) is 4. The predicted molar refractivity (Wildman–Crippen MR) is 147 cm³/mol. The summed E-state index contributed by atoms with van der Waals surface area (Å²) >= 11 is 0. The van der Waals surface area contributed by atoms with Gasteiger partial charge in [-0.3, -0.25) is 9.78 Å². The lowest BCUT2D eigenvalue weighted by atomic mass is 10.1. The molecule has 4 heterocycles. The first-order valence-corrected chi connectivity index (χ1v) is 16.9. The van der Waals surface area contributed by atoms with Gasteiger partial charge < -0.3 is 29.4 Å². The van der Waals surface area contributed by atoms with Crippen molar-refractivity contribution in [2.75, 3.05) is 32.6 Å². The minimum Gasteiger partial charge on any atom is -0.383 e. The molecule has 1 atom stereocenters. The molecule has 0 aliphatic carbocycles. The summed E-state index contributed by atoms with van der Waals surface area (Å²) in [6, 6.07) is 1.87. The van der Waals surface area contributed by atoms with Crippen LogP contribution in [0.5, 0.6) is 0 Å². The first kappa shape index (κ1) is 30.9. The summed E-state index contributed by atoms with van der Waals surface area (Å²) in [7, 11) is 0.0638. The fraction of sp³-hybridized carbons (Fsp3) is 0.519. The molecule has 41 heavy (non-hydrogen) atoms. The Morgan fingerprint density at radius 2 is 1.93 bits per heavy atom. The summed E-state index contributed by atoms with van der Waals surface area (Å²) in [5, 5.41) is 0. The van der Waals surface area contributed by atoms with E-state index in [9.17, 15) is 22.4 Å². The fourth-order valence-electron chi connectivity index (χ4n) is 4.72. The van der Waals surface area contributed by atoms with Gasteiger partial charge in [0, 0.05) is 45.7 Å². The number of hydrogen-bond acceptors (Lipinski definition) is 7. The Bertz CT molecular complexity index is 1420. The van der Waals surface area contributed by atoms with Crippen LogP contribution in [0.3, 0.4) is 0 Å². The summed E-state index contributed by atoms with van der Waals surface area (Å²) in [6.07, 6.45) is -4.19. The molecule has 0 saturated heterocycles. The number of methoxy groups -OCH3 is 1. The second-order valence-electron chi connectivity index (χ2n) is 11.2. The third kappa shape index (κ3) is 6.71. The minimum absolute atomic E-state index is 0.0213. The number of ether oxygens (including phenoxy) is 3. The molecule has 0 spiro atoms. The average Bonchev–Trinajstić information content (AvgIpc) is 3.50. The Morgan fingerprint density at radius 1 is 1.22 bits per heavy atom. The Balaban J connectivity index is 1.76. The molecule has 0 bridgehead atoms. The monoisotopic (exact) mass is 597 g/mol. The van der Waals surface area contributed by atoms with Crippen molar-refractivity contribution in [3.63, 3.8) is 0 Å². The summed E-state index contributed by atoms with van der Waals surface area (Å²) in [4.78, 5) is 23.7. The van der Waals surface area contributed by atoms with E-state index in [1.54, 1.807) is 10.6 Å². The van der Waals surface area contributed by atoms with Crippen molar-refractivity contribution in [2.24, 2.45) is 0 Å². The molecule has 1 unspecified atom stereocenters. The van der Waals surface area contributed by atoms with E-state index in [1.165, 1.54) is 18.9 Å². The molecule has 1 amide bonds. The normalized spacial score (nSPS) is 14.5. The number of carbonyl (C=O) groups excluding carboxylic acids is 1. The van der Waals surface area contributed by atoms with Crippen molar-refractivity contribution in [3.8, 4) is 0 Å². The summed E-state index contributed by atoms with van der Waals surface area (Å²) in [5.41, 5.74) is 7.57. The van der Waals surface area contributed by atoms with E-state index in [1.807, 2.05) is 0 Å². The van der Waals surface area contributed by atoms with E-state index in [4.69, 9.17) is 19.9 Å². The zero-order chi connectivity index (χ0) is 30.1. The molecule has 0 fully saturated rings. The lowest BCUT2D eigenvalue weighted by Gasteiger charge is -2.29. The van der Waals surface area contributed by atoms with Crippen molar-refractivity contribution in [1.82, 2.24) is 19.4 Å². The third-order valence-corrected chi connectivity index (χ3v) is 8.77. The number of hydrogen-bond donors (Lipinski definition) is 1. The number of amides is 1. The molecule has 0 saturated carbocycles. The highest BCUT2D eigenvalue weighted by Gasteiger charge is 2.34. The van der Waals surface area contributed by atoms with E-state index >= 15 is 0 Å². The van der Waals surface area contributed by atoms with Crippen LogP contribution in [0.4, 0.5) is 23.4 Å². The van der Waals surface area contributed by atoms with E-state index < -0.39 is 37.6 Å². The highest BCUT2D eigenvalue weighted by Crippen LogP contribution is 2.35. The number of pyridine rings is 2. The van der Waals surface area contributed by atoms with Crippen LogP contribution in [0, 0.1) is 5.82 Å². The van der Waals surface area contributed by atoms with Gasteiger partial charge in [0.2, 0.25) is 0 Å². The number of nitrogens with two attached hydrogens (primary N) is 1. The van der Waals surface area contributed by atoms with Crippen molar-refractivity contribution in [3.05, 3.63) is 52.2 Å². The second kappa shape index (κ2) is 12.0. The zero-order valence-corrected chi connectivity index (χ0v) is 24.8. The number of rotatable bonds is 11. The van der Waals surface area contributed by atoms with Gasteiger partial charge in [-0.25, -0.2) is 9.37 Å². The molecule has 1 aliphatic heterocycles. The van der Waals surface area contributed by atoms with E-state index in [0.717, 1.165) is 17.2 Å². The maximum atomic E-state index is 14.9. The number of aromatic nitrogens is 3. The maximum Gasteiger partial charge on any atom is 0.417 e. The quantitative estimate of drug-likeness (QED) is 0.180. The van der Waals surface area contributed by atoms with Crippen LogP contribution in [0.25, 0.3) is 11.0 Å². The van der Waals surface area contributed by atoms with Gasteiger partial charge in [-0.2, -0.15) is 13.2 Å². The molecule has 14 heteroatoms. The molecule has 4 rings (SSSR count). The Kier molecular flexibility index (Phi) is 9.06. The highest BCUT2D eigenvalue weighted by molar-refractivity contribution is 6.76. The van der Waals surface area contributed by atoms with E-state index in [2.05, 4.69) is 29.6 Å². The van der Waals surface area contributed by atoms with Gasteiger partial charge in [0.15, 0.2) is 0 Å². The number of carbonyl (C=O) groups is 1. The predicted octanol–water partition coefficient (Wildman–Crippen LogP) is 5.36. The molecule has 9 nitrogen and oxygen atoms in total. The van der Waals surface area contributed by atoms with Crippen molar-refractivity contribution < 1.29 is 36.6 Å². The van der Waals surface area contributed by atoms with Crippen LogP contribution >= 0.6 is 0 Å². The fourth-order valence-corrected chi connectivity index (χ4v) is 5.47. The number of alkyl halides is 3. The summed E-state index contributed by atoms with van der Waals surface area (Å²) in [5.74, 6) is -1.38. The third-order valence-electron chi connectivity index (χ3n) is 7.06. The largest absolute Gasteiger partial charge is 0.417 e. The van der Waals surface area contributed by atoms with Crippen LogP contribution in [-0.2, 0) is 40.3 Å². The van der Waals surface area contributed by atoms with Gasteiger partial charge in [0.25, 0.3) is 5.91 Å². The topological polar surface area (TPSA) is 105 Å². The second-order valence-corrected chi connectivity index (χ2v) is 16.9. The van der Waals surface area contributed by atoms with Gasteiger partial charge in [-0.05, 0) is 25.1 Å². The van der Waals surface area contributed by atoms with Gasteiger partial charge in [-0.15, -0.1) is 0 Å². The number of anilines is 1. The number of halogens is 4. The number of nitrogen functional groups attached to an aromatic ring is 1. The molecule has 3 aromatic rings. The Labute approximate surface area is 236 Å². The zero-order valence-electron chi connectivity index (χ0n) is 23.8. The lowest BCUT2D eigenvalue weighted by Crippen LogP contribution is -2.38. The van der Waals surface area contributed by atoms with E-state index in [0.29, 0.717) is 42.3 Å². The molecule has 224 valence electrons. The van der Waals surface area contributed by atoms with E-state index in [-0.39, 0.29) is 37.9 Å². The maximum absolute atomic E-state index is 14.9. The van der Waals surface area contributed by atoms with Crippen LogP contribution in [0.1, 0.15) is 45.8 Å². The van der Waals surface area contributed by atoms with Crippen molar-refractivity contribution >= 4 is 30.8 Å². The number of fused-ring (bicyclic) bond motifs is 3. The van der Waals surface area contributed by atoms with Gasteiger partial charge >= 0.3 is 6.18 Å². The highest BCUT2D eigenvalue weighted by atomic mass is 28.3. The van der Waals surface area contributed by atoms with Crippen molar-refractivity contribution in [2.45, 2.75) is 64.8 Å². The van der Waals surface area contributed by atoms with Crippen LogP contribution in [-0.4, -0.2) is 60.3 Å². The van der Waals surface area contributed by atoms with Crippen LogP contribution in [0.15, 0.2) is 18.3 Å². The standard InChI is InChI=1S/C27H35F4N5O4Si/c1-16(23-20(28)10-17(12-33-23)27(29,30)31)35(6-7-38-2)26(37)22-11-21-24(18-13-40-14-19(18)25(32)34-21)36(22)15-39-8-9-41(3,4)5/h10-12,16H,6-9,13-15H2,1-5H3,(H2,32,34). The summed E-state index contributed by atoms with van der Waals surface area (Å²) < 4.78 is 72.8. The van der Waals surface area contributed by atoms with Crippen LogP contribution < -0.4 is 5.73 Å². The molecular weight excluding hydrogens is 562 g/mol. The molecular formula is C27H35F4N5O4Si. The SMILES string of the molecule is COCCN(C(=O)c1cc2nc(N)c3c(c2n1COCC[Si](C)(C)C)COC3)C(C)c1ncc(C(F)(F)F)cc1F. The van der Waals surface area contributed by atoms with Crippen LogP contribution in [0.2, 0.25) is 25.7 Å².